The van der Waals surface area contributed by atoms with Crippen molar-refractivity contribution in [2.24, 2.45) is 0 Å². The van der Waals surface area contributed by atoms with Gasteiger partial charge in [-0.2, -0.15) is 0 Å². The zero-order valence-electron chi connectivity index (χ0n) is 17.1. The molecule has 0 amide bonds. The third-order valence-electron chi connectivity index (χ3n) is 5.38. The summed E-state index contributed by atoms with van der Waals surface area (Å²) in [6.45, 7) is 2.96. The Morgan fingerprint density at radius 2 is 1.97 bits per heavy atom. The average molecular weight is 426 g/mol. The SMILES string of the molecule is Cc1cncn1CC1(CCc2ccccc2)OCC(CS(=O)c2ccccc2N)O1. The van der Waals surface area contributed by atoms with Crippen LogP contribution in [0.15, 0.2) is 72.0 Å². The van der Waals surface area contributed by atoms with Crippen LogP contribution in [0.25, 0.3) is 0 Å². The van der Waals surface area contributed by atoms with E-state index in [2.05, 4.69) is 17.1 Å². The number of rotatable bonds is 8. The van der Waals surface area contributed by atoms with Crippen molar-refractivity contribution in [3.63, 3.8) is 0 Å². The lowest BCUT2D eigenvalue weighted by Gasteiger charge is -2.29. The molecule has 2 aromatic carbocycles. The summed E-state index contributed by atoms with van der Waals surface area (Å²) in [6.07, 6.45) is 4.89. The van der Waals surface area contributed by atoms with Gasteiger partial charge < -0.3 is 19.8 Å². The highest BCUT2D eigenvalue weighted by molar-refractivity contribution is 7.85. The minimum Gasteiger partial charge on any atom is -0.398 e. The number of nitrogen functional groups attached to an aromatic ring is 1. The van der Waals surface area contributed by atoms with Gasteiger partial charge in [-0.05, 0) is 31.0 Å². The molecular weight excluding hydrogens is 398 g/mol. The normalized spacial score (nSPS) is 22.2. The van der Waals surface area contributed by atoms with Crippen LogP contribution in [0.2, 0.25) is 0 Å². The lowest BCUT2D eigenvalue weighted by atomic mass is 10.0. The fourth-order valence-corrected chi connectivity index (χ4v) is 4.97. The molecule has 3 aromatic rings. The molecule has 0 radical (unpaired) electrons. The van der Waals surface area contributed by atoms with Crippen LogP contribution in [0.3, 0.4) is 0 Å². The van der Waals surface area contributed by atoms with Crippen LogP contribution in [0.4, 0.5) is 5.69 Å². The Balaban J connectivity index is 1.48. The summed E-state index contributed by atoms with van der Waals surface area (Å²) in [5.74, 6) is -0.428. The molecule has 158 valence electrons. The number of imidazole rings is 1. The van der Waals surface area contributed by atoms with E-state index in [0.29, 0.717) is 35.9 Å². The largest absolute Gasteiger partial charge is 0.398 e. The van der Waals surface area contributed by atoms with E-state index in [1.165, 1.54) is 5.56 Å². The molecule has 0 bridgehead atoms. The number of aryl methyl sites for hydroxylation is 2. The van der Waals surface area contributed by atoms with Crippen molar-refractivity contribution in [2.45, 2.75) is 43.1 Å². The lowest BCUT2D eigenvalue weighted by Crippen LogP contribution is -2.37. The minimum absolute atomic E-state index is 0.259. The Morgan fingerprint density at radius 1 is 1.20 bits per heavy atom. The van der Waals surface area contributed by atoms with Gasteiger partial charge in [-0.15, -0.1) is 0 Å². The molecule has 1 aliphatic heterocycles. The van der Waals surface area contributed by atoms with Crippen LogP contribution in [0.1, 0.15) is 17.7 Å². The number of benzene rings is 2. The van der Waals surface area contributed by atoms with Gasteiger partial charge in [0.05, 0.1) is 47.0 Å². The molecule has 0 saturated carbocycles. The van der Waals surface area contributed by atoms with Gasteiger partial charge in [-0.25, -0.2) is 4.98 Å². The number of hydrogen-bond donors (Lipinski definition) is 1. The van der Waals surface area contributed by atoms with E-state index in [-0.39, 0.29) is 6.10 Å². The van der Waals surface area contributed by atoms with Gasteiger partial charge in [-0.3, -0.25) is 4.21 Å². The van der Waals surface area contributed by atoms with Gasteiger partial charge in [0.1, 0.15) is 0 Å². The smallest absolute Gasteiger partial charge is 0.187 e. The van der Waals surface area contributed by atoms with E-state index in [9.17, 15) is 4.21 Å². The number of para-hydroxylation sites is 1. The van der Waals surface area contributed by atoms with Gasteiger partial charge in [0.2, 0.25) is 0 Å². The van der Waals surface area contributed by atoms with E-state index in [0.717, 1.165) is 12.1 Å². The van der Waals surface area contributed by atoms with E-state index in [4.69, 9.17) is 15.2 Å². The molecule has 1 fully saturated rings. The van der Waals surface area contributed by atoms with Crippen LogP contribution in [0, 0.1) is 6.92 Å². The molecule has 3 atom stereocenters. The monoisotopic (exact) mass is 425 g/mol. The van der Waals surface area contributed by atoms with E-state index >= 15 is 0 Å². The molecule has 2 N–H and O–H groups in total. The molecule has 1 saturated heterocycles. The summed E-state index contributed by atoms with van der Waals surface area (Å²) < 4.78 is 27.6. The van der Waals surface area contributed by atoms with Crippen LogP contribution < -0.4 is 5.73 Å². The van der Waals surface area contributed by atoms with Crippen molar-refractivity contribution in [3.8, 4) is 0 Å². The molecule has 6 nitrogen and oxygen atoms in total. The summed E-state index contributed by atoms with van der Waals surface area (Å²) in [7, 11) is -1.25. The molecule has 1 aliphatic rings. The molecule has 0 aliphatic carbocycles. The topological polar surface area (TPSA) is 79.4 Å². The van der Waals surface area contributed by atoms with Crippen LogP contribution in [-0.2, 0) is 33.2 Å². The third kappa shape index (κ3) is 4.80. The summed E-state index contributed by atoms with van der Waals surface area (Å²) in [5.41, 5.74) is 8.81. The van der Waals surface area contributed by atoms with Gasteiger partial charge in [0, 0.05) is 24.0 Å². The van der Waals surface area contributed by atoms with Gasteiger partial charge >= 0.3 is 0 Å². The second-order valence-electron chi connectivity index (χ2n) is 7.66. The first-order valence-corrected chi connectivity index (χ1v) is 11.4. The summed E-state index contributed by atoms with van der Waals surface area (Å²) >= 11 is 0. The Labute approximate surface area is 179 Å². The average Bonchev–Trinajstić information content (AvgIpc) is 3.34. The summed E-state index contributed by atoms with van der Waals surface area (Å²) in [4.78, 5) is 4.87. The standard InChI is InChI=1S/C23H27N3O3S/c1-18-13-25-17-26(18)16-23(12-11-19-7-3-2-4-8-19)28-14-20(29-23)15-30(27)22-10-6-5-9-21(22)24/h2-10,13,17,20H,11-12,14-16,24H2,1H3. The number of hydrogen-bond acceptors (Lipinski definition) is 5. The molecule has 4 rings (SSSR count). The van der Waals surface area contributed by atoms with E-state index < -0.39 is 16.6 Å². The van der Waals surface area contributed by atoms with Crippen LogP contribution in [-0.4, -0.2) is 38.0 Å². The summed E-state index contributed by atoms with van der Waals surface area (Å²) in [5, 5.41) is 0. The fraction of sp³-hybridized carbons (Fsp3) is 0.348. The van der Waals surface area contributed by atoms with E-state index in [1.54, 1.807) is 18.5 Å². The Morgan fingerprint density at radius 3 is 2.70 bits per heavy atom. The Bertz CT molecular complexity index is 1010. The maximum atomic E-state index is 12.9. The predicted molar refractivity (Wildman–Crippen MR) is 117 cm³/mol. The summed E-state index contributed by atoms with van der Waals surface area (Å²) in [6, 6.07) is 17.6. The first kappa shape index (κ1) is 20.8. The predicted octanol–water partition coefficient (Wildman–Crippen LogP) is 3.33. The Hall–Kier alpha value is -2.48. The fourth-order valence-electron chi connectivity index (χ4n) is 3.73. The Kier molecular flexibility index (Phi) is 6.32. The zero-order chi connectivity index (χ0) is 21.0. The minimum atomic E-state index is -1.25. The van der Waals surface area contributed by atoms with Crippen LogP contribution >= 0.6 is 0 Å². The molecule has 3 unspecified atom stereocenters. The maximum absolute atomic E-state index is 12.9. The van der Waals surface area contributed by atoms with Crippen molar-refractivity contribution in [1.82, 2.24) is 9.55 Å². The van der Waals surface area contributed by atoms with Crippen molar-refractivity contribution < 1.29 is 13.7 Å². The molecule has 0 spiro atoms. The van der Waals surface area contributed by atoms with Gasteiger partial charge in [0.25, 0.3) is 0 Å². The van der Waals surface area contributed by atoms with Crippen LogP contribution in [0.5, 0.6) is 0 Å². The maximum Gasteiger partial charge on any atom is 0.187 e. The number of nitrogens with two attached hydrogens (primary N) is 1. The van der Waals surface area contributed by atoms with Gasteiger partial charge in [0.15, 0.2) is 5.79 Å². The molecule has 7 heteroatoms. The van der Waals surface area contributed by atoms with Gasteiger partial charge in [-0.1, -0.05) is 42.5 Å². The first-order chi connectivity index (χ1) is 14.5. The van der Waals surface area contributed by atoms with Crippen molar-refractivity contribution in [3.05, 3.63) is 78.4 Å². The zero-order valence-corrected chi connectivity index (χ0v) is 17.9. The molecule has 30 heavy (non-hydrogen) atoms. The number of anilines is 1. The quantitative estimate of drug-likeness (QED) is 0.560. The van der Waals surface area contributed by atoms with E-state index in [1.807, 2.05) is 48.0 Å². The highest BCUT2D eigenvalue weighted by Gasteiger charge is 2.42. The first-order valence-electron chi connectivity index (χ1n) is 10.1. The number of ether oxygens (including phenoxy) is 2. The lowest BCUT2D eigenvalue weighted by molar-refractivity contribution is -0.180. The molecule has 1 aromatic heterocycles. The third-order valence-corrected chi connectivity index (χ3v) is 6.92. The number of aromatic nitrogens is 2. The highest BCUT2D eigenvalue weighted by Crippen LogP contribution is 2.32. The van der Waals surface area contributed by atoms with Crippen molar-refractivity contribution in [2.75, 3.05) is 18.1 Å². The second kappa shape index (κ2) is 9.12. The van der Waals surface area contributed by atoms with Crippen molar-refractivity contribution in [1.29, 1.82) is 0 Å². The van der Waals surface area contributed by atoms with Crippen molar-refractivity contribution >= 4 is 16.5 Å². The molecule has 2 heterocycles. The highest BCUT2D eigenvalue weighted by atomic mass is 32.2. The number of nitrogens with zero attached hydrogens (tertiary/aromatic N) is 2. The molecular formula is C23H27N3O3S. The second-order valence-corrected chi connectivity index (χ2v) is 9.12.